The summed E-state index contributed by atoms with van der Waals surface area (Å²) in [5.74, 6) is 0.223. The molecule has 0 amide bonds. The second-order valence-electron chi connectivity index (χ2n) is 3.81. The predicted octanol–water partition coefficient (Wildman–Crippen LogP) is 1.85. The molecule has 2 aromatic carbocycles. The molecule has 0 radical (unpaired) electrons. The first-order valence-corrected chi connectivity index (χ1v) is 5.57. The third-order valence-electron chi connectivity index (χ3n) is 2.58. The summed E-state index contributed by atoms with van der Waals surface area (Å²) in [6.45, 7) is 0. The standard InChI is InChI=1S/C13H12BFO4/c1-18-10-4-2-9(3-5-10)12-7-6-11(8-13(12)15)19-14(16)17/h2-8,16-17H,1H3. The van der Waals surface area contributed by atoms with Crippen LogP contribution in [-0.2, 0) is 0 Å². The Bertz CT molecular complexity index is 557. The monoisotopic (exact) mass is 262 g/mol. The smallest absolute Gasteiger partial charge is 0.512 e. The van der Waals surface area contributed by atoms with Gasteiger partial charge in [-0.25, -0.2) is 4.39 Å². The highest BCUT2D eigenvalue weighted by Crippen LogP contribution is 2.27. The Morgan fingerprint density at radius 1 is 1.00 bits per heavy atom. The van der Waals surface area contributed by atoms with Gasteiger partial charge in [-0.3, -0.25) is 0 Å². The molecule has 0 aliphatic carbocycles. The first-order valence-electron chi connectivity index (χ1n) is 5.57. The lowest BCUT2D eigenvalue weighted by molar-refractivity contribution is 0.287. The normalized spacial score (nSPS) is 10.1. The lowest BCUT2D eigenvalue weighted by Crippen LogP contribution is -2.20. The maximum Gasteiger partial charge on any atom is 0.707 e. The van der Waals surface area contributed by atoms with Crippen molar-refractivity contribution in [3.05, 3.63) is 48.3 Å². The van der Waals surface area contributed by atoms with Crippen molar-refractivity contribution in [2.75, 3.05) is 7.11 Å². The van der Waals surface area contributed by atoms with Crippen LogP contribution in [0.1, 0.15) is 0 Å². The second-order valence-corrected chi connectivity index (χ2v) is 3.81. The minimum atomic E-state index is -1.97. The zero-order chi connectivity index (χ0) is 13.8. The molecule has 2 N–H and O–H groups in total. The fourth-order valence-electron chi connectivity index (χ4n) is 1.70. The van der Waals surface area contributed by atoms with E-state index in [0.717, 1.165) is 6.07 Å². The Kier molecular flexibility index (Phi) is 4.04. The number of hydrogen-bond donors (Lipinski definition) is 2. The number of methoxy groups -OCH3 is 1. The van der Waals surface area contributed by atoms with Gasteiger partial charge in [-0.15, -0.1) is 0 Å². The van der Waals surface area contributed by atoms with Crippen molar-refractivity contribution < 1.29 is 23.8 Å². The molecule has 0 atom stereocenters. The molecule has 2 aromatic rings. The summed E-state index contributed by atoms with van der Waals surface area (Å²) in [7, 11) is -0.409. The van der Waals surface area contributed by atoms with E-state index in [2.05, 4.69) is 4.65 Å². The minimum Gasteiger partial charge on any atom is -0.512 e. The van der Waals surface area contributed by atoms with E-state index < -0.39 is 13.1 Å². The van der Waals surface area contributed by atoms with Crippen LogP contribution in [0.2, 0.25) is 0 Å². The molecule has 0 saturated heterocycles. The molecule has 6 heteroatoms. The van der Waals surface area contributed by atoms with Crippen LogP contribution >= 0.6 is 0 Å². The van der Waals surface area contributed by atoms with Crippen molar-refractivity contribution in [3.63, 3.8) is 0 Å². The summed E-state index contributed by atoms with van der Waals surface area (Å²) in [4.78, 5) is 0. The Morgan fingerprint density at radius 3 is 2.16 bits per heavy atom. The van der Waals surface area contributed by atoms with Gasteiger partial charge in [0.2, 0.25) is 0 Å². The average Bonchev–Trinajstić information content (AvgIpc) is 2.38. The highest BCUT2D eigenvalue weighted by molar-refractivity contribution is 6.33. The number of halogens is 1. The molecule has 2 rings (SSSR count). The van der Waals surface area contributed by atoms with E-state index in [-0.39, 0.29) is 5.75 Å². The quantitative estimate of drug-likeness (QED) is 0.825. The highest BCUT2D eigenvalue weighted by Gasteiger charge is 2.13. The number of ether oxygens (including phenoxy) is 1. The summed E-state index contributed by atoms with van der Waals surface area (Å²) in [5, 5.41) is 17.3. The molecule has 0 aliphatic rings. The van der Waals surface area contributed by atoms with Crippen molar-refractivity contribution in [2.24, 2.45) is 0 Å². The SMILES string of the molecule is COc1ccc(-c2ccc(OB(O)O)cc2F)cc1. The molecule has 0 fully saturated rings. The van der Waals surface area contributed by atoms with E-state index in [1.54, 1.807) is 31.4 Å². The van der Waals surface area contributed by atoms with Gasteiger partial charge in [0.05, 0.1) is 7.11 Å². The van der Waals surface area contributed by atoms with Gasteiger partial charge in [-0.1, -0.05) is 12.1 Å². The molecule has 0 spiro atoms. The molecule has 0 saturated carbocycles. The summed E-state index contributed by atoms with van der Waals surface area (Å²) >= 11 is 0. The van der Waals surface area contributed by atoms with Crippen LogP contribution in [0.15, 0.2) is 42.5 Å². The van der Waals surface area contributed by atoms with Crippen molar-refractivity contribution in [3.8, 4) is 22.6 Å². The van der Waals surface area contributed by atoms with E-state index in [1.807, 2.05) is 0 Å². The first kappa shape index (κ1) is 13.4. The van der Waals surface area contributed by atoms with Crippen LogP contribution in [0, 0.1) is 5.82 Å². The predicted molar refractivity (Wildman–Crippen MR) is 69.2 cm³/mol. The maximum atomic E-state index is 13.9. The summed E-state index contributed by atoms with van der Waals surface area (Å²) < 4.78 is 23.5. The largest absolute Gasteiger partial charge is 0.707 e. The van der Waals surface area contributed by atoms with Gasteiger partial charge in [0.15, 0.2) is 0 Å². The number of rotatable bonds is 4. The van der Waals surface area contributed by atoms with Gasteiger partial charge >= 0.3 is 7.32 Å². The van der Waals surface area contributed by atoms with E-state index >= 15 is 0 Å². The van der Waals surface area contributed by atoms with Gasteiger partial charge in [-0.05, 0) is 29.8 Å². The van der Waals surface area contributed by atoms with Crippen molar-refractivity contribution >= 4 is 7.32 Å². The third kappa shape index (κ3) is 3.24. The van der Waals surface area contributed by atoms with Crippen molar-refractivity contribution in [2.45, 2.75) is 0 Å². The van der Waals surface area contributed by atoms with Gasteiger partial charge in [0.1, 0.15) is 17.3 Å². The molecule has 0 unspecified atom stereocenters. The zero-order valence-electron chi connectivity index (χ0n) is 10.2. The molecule has 0 bridgehead atoms. The van der Waals surface area contributed by atoms with Crippen LogP contribution in [0.25, 0.3) is 11.1 Å². The molecular formula is C13H12BFO4. The van der Waals surface area contributed by atoms with E-state index in [0.29, 0.717) is 16.9 Å². The molecule has 0 aromatic heterocycles. The Balaban J connectivity index is 2.29. The van der Waals surface area contributed by atoms with Crippen LogP contribution < -0.4 is 9.39 Å². The summed E-state index contributed by atoms with van der Waals surface area (Å²) in [6.07, 6.45) is 0. The Morgan fingerprint density at radius 2 is 1.63 bits per heavy atom. The van der Waals surface area contributed by atoms with Gasteiger partial charge in [0, 0.05) is 11.6 Å². The van der Waals surface area contributed by atoms with Gasteiger partial charge in [-0.2, -0.15) is 0 Å². The van der Waals surface area contributed by atoms with Crippen LogP contribution in [0.3, 0.4) is 0 Å². The van der Waals surface area contributed by atoms with Crippen molar-refractivity contribution in [1.29, 1.82) is 0 Å². The maximum absolute atomic E-state index is 13.9. The lowest BCUT2D eigenvalue weighted by Gasteiger charge is -2.08. The minimum absolute atomic E-state index is 0.0461. The Labute approximate surface area is 110 Å². The second kappa shape index (κ2) is 5.73. The molecule has 4 nitrogen and oxygen atoms in total. The van der Waals surface area contributed by atoms with Crippen molar-refractivity contribution in [1.82, 2.24) is 0 Å². The van der Waals surface area contributed by atoms with Crippen LogP contribution in [-0.4, -0.2) is 24.5 Å². The lowest BCUT2D eigenvalue weighted by atomic mass is 10.0. The zero-order valence-corrected chi connectivity index (χ0v) is 10.2. The highest BCUT2D eigenvalue weighted by atomic mass is 19.1. The first-order chi connectivity index (χ1) is 9.10. The van der Waals surface area contributed by atoms with Gasteiger partial charge < -0.3 is 19.4 Å². The summed E-state index contributed by atoms with van der Waals surface area (Å²) in [5.41, 5.74) is 1.08. The Hall–Kier alpha value is -2.05. The average molecular weight is 262 g/mol. The van der Waals surface area contributed by atoms with E-state index in [1.165, 1.54) is 12.1 Å². The molecule has 0 heterocycles. The fourth-order valence-corrected chi connectivity index (χ4v) is 1.70. The number of benzene rings is 2. The topological polar surface area (TPSA) is 58.9 Å². The molecule has 0 aliphatic heterocycles. The van der Waals surface area contributed by atoms with E-state index in [9.17, 15) is 4.39 Å². The third-order valence-corrected chi connectivity index (χ3v) is 2.58. The van der Waals surface area contributed by atoms with Crippen LogP contribution in [0.5, 0.6) is 11.5 Å². The summed E-state index contributed by atoms with van der Waals surface area (Å²) in [6, 6.07) is 11.0. The van der Waals surface area contributed by atoms with E-state index in [4.69, 9.17) is 14.8 Å². The molecule has 19 heavy (non-hydrogen) atoms. The fraction of sp³-hybridized carbons (Fsp3) is 0.0769. The van der Waals surface area contributed by atoms with Gasteiger partial charge in [0.25, 0.3) is 0 Å². The molecular weight excluding hydrogens is 250 g/mol. The number of hydrogen-bond acceptors (Lipinski definition) is 4. The van der Waals surface area contributed by atoms with Crippen LogP contribution in [0.4, 0.5) is 4.39 Å². The molecule has 98 valence electrons.